The Balaban J connectivity index is 1.98. The number of nitrogens with one attached hydrogen (secondary N) is 1. The van der Waals surface area contributed by atoms with Crippen molar-refractivity contribution in [1.29, 1.82) is 0 Å². The fourth-order valence-corrected chi connectivity index (χ4v) is 3.12. The Labute approximate surface area is 132 Å². The second kappa shape index (κ2) is 5.74. The summed E-state index contributed by atoms with van der Waals surface area (Å²) in [5.74, 6) is 0.635. The molecule has 1 heterocycles. The lowest BCUT2D eigenvalue weighted by Crippen LogP contribution is -2.29. The molecule has 1 aliphatic heterocycles. The lowest BCUT2D eigenvalue weighted by molar-refractivity contribution is 0.214. The van der Waals surface area contributed by atoms with Crippen molar-refractivity contribution in [3.8, 4) is 5.75 Å². The van der Waals surface area contributed by atoms with E-state index < -0.39 is 5.82 Å². The number of halogens is 3. The summed E-state index contributed by atoms with van der Waals surface area (Å²) in [5.41, 5.74) is 1.60. The summed E-state index contributed by atoms with van der Waals surface area (Å²) in [6.45, 7) is 2.68. The van der Waals surface area contributed by atoms with E-state index >= 15 is 0 Å². The molecule has 0 amide bonds. The highest BCUT2D eigenvalue weighted by Crippen LogP contribution is 2.40. The van der Waals surface area contributed by atoms with Gasteiger partial charge in [-0.2, -0.15) is 0 Å². The van der Waals surface area contributed by atoms with Gasteiger partial charge in [-0.15, -0.1) is 0 Å². The number of para-hydroxylation sites is 1. The first-order chi connectivity index (χ1) is 10.1. The minimum absolute atomic E-state index is 0.00964. The average Bonchev–Trinajstić information content (AvgIpc) is 2.44. The Bertz CT molecular complexity index is 654. The van der Waals surface area contributed by atoms with Gasteiger partial charge in [0.2, 0.25) is 0 Å². The predicted octanol–water partition coefficient (Wildman–Crippen LogP) is 5.31. The number of anilines is 1. The summed E-state index contributed by atoms with van der Waals surface area (Å²) in [6, 6.07) is 10.4. The Morgan fingerprint density at radius 1 is 1.19 bits per heavy atom. The van der Waals surface area contributed by atoms with E-state index in [4.69, 9.17) is 27.9 Å². The zero-order valence-corrected chi connectivity index (χ0v) is 12.9. The number of hydrogen-bond acceptors (Lipinski definition) is 2. The van der Waals surface area contributed by atoms with Gasteiger partial charge in [0.1, 0.15) is 11.6 Å². The number of rotatable bonds is 2. The van der Waals surface area contributed by atoms with Crippen LogP contribution in [0.3, 0.4) is 0 Å². The third kappa shape index (κ3) is 2.81. The highest BCUT2D eigenvalue weighted by molar-refractivity contribution is 6.39. The van der Waals surface area contributed by atoms with Gasteiger partial charge >= 0.3 is 0 Å². The Kier molecular flexibility index (Phi) is 3.96. The number of hydrogen-bond donors (Lipinski definition) is 1. The van der Waals surface area contributed by atoms with Crippen LogP contribution in [0.25, 0.3) is 0 Å². The molecule has 2 unspecified atom stereocenters. The Hall–Kier alpha value is -1.45. The molecule has 5 heteroatoms. The second-order valence-corrected chi connectivity index (χ2v) is 6.01. The van der Waals surface area contributed by atoms with Gasteiger partial charge in [0.15, 0.2) is 0 Å². The highest BCUT2D eigenvalue weighted by Gasteiger charge is 2.28. The standard InChI is InChI=1S/C16H14Cl2FNO/c1-9-8-21-14-5-3-2-4-11(14)15(9)20-16-12(17)6-10(19)7-13(16)18/h2-7,9,15,20H,8H2,1H3. The van der Waals surface area contributed by atoms with Crippen LogP contribution in [-0.2, 0) is 0 Å². The SMILES string of the molecule is CC1COc2ccccc2C1Nc1c(Cl)cc(F)cc1Cl. The second-order valence-electron chi connectivity index (χ2n) is 5.19. The molecule has 0 spiro atoms. The molecular weight excluding hydrogens is 312 g/mol. The van der Waals surface area contributed by atoms with Gasteiger partial charge in [0, 0.05) is 11.5 Å². The molecule has 110 valence electrons. The van der Waals surface area contributed by atoms with E-state index in [9.17, 15) is 4.39 Å². The molecule has 2 aromatic rings. The zero-order valence-electron chi connectivity index (χ0n) is 11.4. The maximum absolute atomic E-state index is 13.3. The maximum atomic E-state index is 13.3. The smallest absolute Gasteiger partial charge is 0.126 e. The largest absolute Gasteiger partial charge is 0.493 e. The quantitative estimate of drug-likeness (QED) is 0.807. The van der Waals surface area contributed by atoms with E-state index in [1.807, 2.05) is 24.3 Å². The summed E-state index contributed by atoms with van der Waals surface area (Å²) < 4.78 is 19.0. The molecule has 0 bridgehead atoms. The molecular formula is C16H14Cl2FNO. The van der Waals surface area contributed by atoms with E-state index in [0.29, 0.717) is 12.3 Å². The fraction of sp³-hybridized carbons (Fsp3) is 0.250. The topological polar surface area (TPSA) is 21.3 Å². The molecule has 1 aliphatic rings. The van der Waals surface area contributed by atoms with Gasteiger partial charge in [0.05, 0.1) is 28.4 Å². The zero-order chi connectivity index (χ0) is 15.0. The molecule has 0 radical (unpaired) electrons. The minimum Gasteiger partial charge on any atom is -0.493 e. The average molecular weight is 326 g/mol. The lowest BCUT2D eigenvalue weighted by atomic mass is 9.92. The first-order valence-corrected chi connectivity index (χ1v) is 7.44. The summed E-state index contributed by atoms with van der Waals surface area (Å²) >= 11 is 12.2. The van der Waals surface area contributed by atoms with Crippen LogP contribution in [0, 0.1) is 11.7 Å². The Morgan fingerprint density at radius 2 is 1.86 bits per heavy atom. The normalized spacial score (nSPS) is 20.6. The van der Waals surface area contributed by atoms with E-state index in [2.05, 4.69) is 12.2 Å². The van der Waals surface area contributed by atoms with E-state index in [1.54, 1.807) is 0 Å². The molecule has 0 aromatic heterocycles. The van der Waals surface area contributed by atoms with Gasteiger partial charge in [0.25, 0.3) is 0 Å². The van der Waals surface area contributed by atoms with Gasteiger partial charge < -0.3 is 10.1 Å². The van der Waals surface area contributed by atoms with Crippen LogP contribution in [0.1, 0.15) is 18.5 Å². The third-order valence-corrected chi connectivity index (χ3v) is 4.23. The van der Waals surface area contributed by atoms with Crippen molar-refractivity contribution < 1.29 is 9.13 Å². The molecule has 0 saturated carbocycles. The monoisotopic (exact) mass is 325 g/mol. The van der Waals surface area contributed by atoms with Crippen molar-refractivity contribution in [2.45, 2.75) is 13.0 Å². The van der Waals surface area contributed by atoms with Crippen LogP contribution in [0.5, 0.6) is 5.75 Å². The maximum Gasteiger partial charge on any atom is 0.126 e. The van der Waals surface area contributed by atoms with Crippen molar-refractivity contribution in [3.63, 3.8) is 0 Å². The third-order valence-electron chi connectivity index (χ3n) is 3.63. The molecule has 0 fully saturated rings. The molecule has 2 atom stereocenters. The molecule has 0 aliphatic carbocycles. The van der Waals surface area contributed by atoms with Gasteiger partial charge in [-0.1, -0.05) is 48.3 Å². The fourth-order valence-electron chi connectivity index (χ4n) is 2.55. The van der Waals surface area contributed by atoms with Gasteiger partial charge in [-0.25, -0.2) is 4.39 Å². The summed E-state index contributed by atoms with van der Waals surface area (Å²) in [5, 5.41) is 3.89. The van der Waals surface area contributed by atoms with E-state index in [0.717, 1.165) is 11.3 Å². The molecule has 21 heavy (non-hydrogen) atoms. The van der Waals surface area contributed by atoms with Crippen LogP contribution in [-0.4, -0.2) is 6.61 Å². The molecule has 2 aromatic carbocycles. The van der Waals surface area contributed by atoms with Crippen LogP contribution >= 0.6 is 23.2 Å². The predicted molar refractivity (Wildman–Crippen MR) is 83.9 cm³/mol. The highest BCUT2D eigenvalue weighted by atomic mass is 35.5. The summed E-state index contributed by atoms with van der Waals surface area (Å²) in [6.07, 6.45) is 0. The lowest BCUT2D eigenvalue weighted by Gasteiger charge is -2.33. The van der Waals surface area contributed by atoms with E-state index in [1.165, 1.54) is 12.1 Å². The molecule has 3 rings (SSSR count). The van der Waals surface area contributed by atoms with E-state index in [-0.39, 0.29) is 22.0 Å². The van der Waals surface area contributed by atoms with Crippen molar-refractivity contribution >= 4 is 28.9 Å². The van der Waals surface area contributed by atoms with Crippen molar-refractivity contribution in [2.24, 2.45) is 5.92 Å². The number of ether oxygens (including phenoxy) is 1. The number of benzene rings is 2. The van der Waals surface area contributed by atoms with Crippen molar-refractivity contribution in [3.05, 3.63) is 57.8 Å². The van der Waals surface area contributed by atoms with Crippen LogP contribution < -0.4 is 10.1 Å². The Morgan fingerprint density at radius 3 is 2.57 bits per heavy atom. The number of fused-ring (bicyclic) bond motifs is 1. The van der Waals surface area contributed by atoms with Gasteiger partial charge in [-0.3, -0.25) is 0 Å². The molecule has 0 saturated heterocycles. The van der Waals surface area contributed by atoms with Crippen molar-refractivity contribution in [2.75, 3.05) is 11.9 Å². The van der Waals surface area contributed by atoms with Crippen molar-refractivity contribution in [1.82, 2.24) is 0 Å². The minimum atomic E-state index is -0.448. The molecule has 2 nitrogen and oxygen atoms in total. The molecule has 1 N–H and O–H groups in total. The first kappa shape index (κ1) is 14.5. The summed E-state index contributed by atoms with van der Waals surface area (Å²) in [7, 11) is 0. The van der Waals surface area contributed by atoms with Crippen LogP contribution in [0.15, 0.2) is 36.4 Å². The summed E-state index contributed by atoms with van der Waals surface area (Å²) in [4.78, 5) is 0. The van der Waals surface area contributed by atoms with Crippen LogP contribution in [0.4, 0.5) is 10.1 Å². The first-order valence-electron chi connectivity index (χ1n) is 6.69. The van der Waals surface area contributed by atoms with Gasteiger partial charge in [-0.05, 0) is 18.2 Å². The van der Waals surface area contributed by atoms with Crippen LogP contribution in [0.2, 0.25) is 10.0 Å².